The average Bonchev–Trinajstić information content (AvgIpc) is 2.25. The Labute approximate surface area is 92.1 Å². The summed E-state index contributed by atoms with van der Waals surface area (Å²) in [6, 6.07) is 0. The zero-order valence-corrected chi connectivity index (χ0v) is 9.52. The van der Waals surface area contributed by atoms with Crippen molar-refractivity contribution in [2.24, 2.45) is 0 Å². The van der Waals surface area contributed by atoms with Crippen LogP contribution < -0.4 is 0 Å². The van der Waals surface area contributed by atoms with E-state index < -0.39 is 6.29 Å². The van der Waals surface area contributed by atoms with Crippen LogP contribution in [0.2, 0.25) is 0 Å². The number of hydrogen-bond acceptors (Lipinski definition) is 3. The van der Waals surface area contributed by atoms with Crippen LogP contribution in [0.4, 0.5) is 0 Å². The van der Waals surface area contributed by atoms with E-state index >= 15 is 0 Å². The molecule has 0 aliphatic heterocycles. The average molecular weight is 214 g/mol. The van der Waals surface area contributed by atoms with Gasteiger partial charge in [0.1, 0.15) is 6.29 Å². The molecule has 0 aliphatic rings. The number of aliphatic hydroxyl groups excluding tert-OH is 1. The molecule has 0 heterocycles. The van der Waals surface area contributed by atoms with Crippen LogP contribution in [-0.4, -0.2) is 24.3 Å². The Kier molecular flexibility index (Phi) is 10.9. The molecule has 1 unspecified atom stereocenters. The molecule has 0 spiro atoms. The molecule has 0 aromatic rings. The summed E-state index contributed by atoms with van der Waals surface area (Å²) in [6.45, 7) is 2.68. The number of rotatable bonds is 10. The largest absolute Gasteiger partial charge is 0.368 e. The predicted octanol–water partition coefficient (Wildman–Crippen LogP) is 2.44. The third kappa shape index (κ3) is 11.3. The van der Waals surface area contributed by atoms with Crippen LogP contribution in [0.1, 0.15) is 45.4 Å². The fourth-order valence-electron chi connectivity index (χ4n) is 1.16. The normalized spacial score (nSPS) is 13.2. The molecule has 1 atom stereocenters. The van der Waals surface area contributed by atoms with Gasteiger partial charge in [-0.1, -0.05) is 19.1 Å². The molecule has 0 saturated heterocycles. The van der Waals surface area contributed by atoms with Crippen LogP contribution in [0.3, 0.4) is 0 Å². The number of aldehydes is 1. The third-order valence-corrected chi connectivity index (χ3v) is 2.01. The summed E-state index contributed by atoms with van der Waals surface area (Å²) < 4.78 is 5.12. The Balaban J connectivity index is 3.15. The van der Waals surface area contributed by atoms with Crippen molar-refractivity contribution in [1.82, 2.24) is 0 Å². The maximum Gasteiger partial charge on any atom is 0.154 e. The lowest BCUT2D eigenvalue weighted by Gasteiger charge is -2.09. The van der Waals surface area contributed by atoms with Gasteiger partial charge in [-0.2, -0.15) is 0 Å². The fourth-order valence-corrected chi connectivity index (χ4v) is 1.16. The summed E-state index contributed by atoms with van der Waals surface area (Å²) in [5.74, 6) is 0. The molecule has 0 radical (unpaired) electrons. The second-order valence-corrected chi connectivity index (χ2v) is 3.44. The van der Waals surface area contributed by atoms with Crippen LogP contribution in [-0.2, 0) is 9.53 Å². The molecule has 1 N–H and O–H groups in total. The Morgan fingerprint density at radius 3 is 2.73 bits per heavy atom. The lowest BCUT2D eigenvalue weighted by Crippen LogP contribution is -2.12. The molecule has 88 valence electrons. The zero-order valence-electron chi connectivity index (χ0n) is 9.52. The topological polar surface area (TPSA) is 46.5 Å². The van der Waals surface area contributed by atoms with Gasteiger partial charge in [0.15, 0.2) is 6.29 Å². The quantitative estimate of drug-likeness (QED) is 0.263. The number of aliphatic hydroxyl groups is 1. The monoisotopic (exact) mass is 214 g/mol. The van der Waals surface area contributed by atoms with E-state index in [4.69, 9.17) is 4.74 Å². The van der Waals surface area contributed by atoms with E-state index in [2.05, 4.69) is 19.1 Å². The highest BCUT2D eigenvalue weighted by atomic mass is 16.6. The van der Waals surface area contributed by atoms with Crippen molar-refractivity contribution in [3.05, 3.63) is 12.2 Å². The summed E-state index contributed by atoms with van der Waals surface area (Å²) in [4.78, 5) is 10.0. The Morgan fingerprint density at radius 1 is 1.27 bits per heavy atom. The van der Waals surface area contributed by atoms with Gasteiger partial charge < -0.3 is 14.6 Å². The number of ether oxygens (including phenoxy) is 1. The van der Waals surface area contributed by atoms with E-state index in [0.29, 0.717) is 19.4 Å². The Bertz CT molecular complexity index is 166. The van der Waals surface area contributed by atoms with Gasteiger partial charge in [-0.15, -0.1) is 0 Å². The first-order chi connectivity index (χ1) is 7.31. The molecule has 0 amide bonds. The summed E-state index contributed by atoms with van der Waals surface area (Å²) >= 11 is 0. The molecule has 0 aromatic carbocycles. The number of allylic oxidation sites excluding steroid dienone is 2. The standard InChI is InChI=1S/C12H22O3/c1-2-3-4-5-6-7-11-15-12(14)9-8-10-13/h3-4,10,12,14H,2,5-9,11H2,1H3/b4-3-. The van der Waals surface area contributed by atoms with Crippen LogP contribution in [0.15, 0.2) is 12.2 Å². The van der Waals surface area contributed by atoms with Crippen molar-refractivity contribution in [1.29, 1.82) is 0 Å². The Morgan fingerprint density at radius 2 is 2.07 bits per heavy atom. The second kappa shape index (κ2) is 11.4. The van der Waals surface area contributed by atoms with Crippen molar-refractivity contribution >= 4 is 6.29 Å². The van der Waals surface area contributed by atoms with Gasteiger partial charge in [0, 0.05) is 19.4 Å². The molecular formula is C12H22O3. The highest BCUT2D eigenvalue weighted by molar-refractivity contribution is 5.49. The highest BCUT2D eigenvalue weighted by Crippen LogP contribution is 2.02. The van der Waals surface area contributed by atoms with Crippen LogP contribution in [0.25, 0.3) is 0 Å². The van der Waals surface area contributed by atoms with E-state index in [1.807, 2.05) is 0 Å². The molecule has 0 aliphatic carbocycles. The summed E-state index contributed by atoms with van der Waals surface area (Å²) in [5, 5.41) is 9.23. The van der Waals surface area contributed by atoms with Crippen LogP contribution >= 0.6 is 0 Å². The van der Waals surface area contributed by atoms with E-state index in [9.17, 15) is 9.90 Å². The predicted molar refractivity (Wildman–Crippen MR) is 60.5 cm³/mol. The van der Waals surface area contributed by atoms with Crippen molar-refractivity contribution in [3.8, 4) is 0 Å². The number of unbranched alkanes of at least 4 members (excludes halogenated alkanes) is 2. The van der Waals surface area contributed by atoms with Crippen LogP contribution in [0, 0.1) is 0 Å². The minimum absolute atomic E-state index is 0.362. The summed E-state index contributed by atoms with van der Waals surface area (Å²) in [6.07, 6.45) is 9.29. The van der Waals surface area contributed by atoms with Gasteiger partial charge in [0.05, 0.1) is 0 Å². The SMILES string of the molecule is CC/C=C\CCCCOC(O)CCC=O. The fraction of sp³-hybridized carbons (Fsp3) is 0.750. The van der Waals surface area contributed by atoms with Crippen molar-refractivity contribution < 1.29 is 14.6 Å². The molecule has 0 fully saturated rings. The van der Waals surface area contributed by atoms with Gasteiger partial charge >= 0.3 is 0 Å². The molecular weight excluding hydrogens is 192 g/mol. The van der Waals surface area contributed by atoms with E-state index in [1.54, 1.807) is 0 Å². The lowest BCUT2D eigenvalue weighted by molar-refractivity contribution is -0.117. The first-order valence-corrected chi connectivity index (χ1v) is 5.69. The molecule has 0 bridgehead atoms. The van der Waals surface area contributed by atoms with Crippen molar-refractivity contribution in [2.75, 3.05) is 6.61 Å². The first-order valence-electron chi connectivity index (χ1n) is 5.69. The number of carbonyl (C=O) groups excluding carboxylic acids is 1. The molecule has 3 heteroatoms. The summed E-state index contributed by atoms with van der Waals surface area (Å²) in [5.41, 5.74) is 0. The molecule has 0 rings (SSSR count). The van der Waals surface area contributed by atoms with Crippen molar-refractivity contribution in [2.45, 2.75) is 51.7 Å². The minimum Gasteiger partial charge on any atom is -0.368 e. The maximum absolute atomic E-state index is 10.0. The molecule has 0 saturated carbocycles. The molecule has 15 heavy (non-hydrogen) atoms. The maximum atomic E-state index is 10.0. The Hall–Kier alpha value is -0.670. The number of carbonyl (C=O) groups is 1. The molecule has 0 aromatic heterocycles. The smallest absolute Gasteiger partial charge is 0.154 e. The minimum atomic E-state index is -0.776. The first kappa shape index (κ1) is 14.3. The van der Waals surface area contributed by atoms with Crippen molar-refractivity contribution in [3.63, 3.8) is 0 Å². The highest BCUT2D eigenvalue weighted by Gasteiger charge is 2.01. The zero-order chi connectivity index (χ0) is 11.4. The van der Waals surface area contributed by atoms with Gasteiger partial charge in [-0.25, -0.2) is 0 Å². The second-order valence-electron chi connectivity index (χ2n) is 3.44. The van der Waals surface area contributed by atoms with E-state index in [-0.39, 0.29) is 0 Å². The van der Waals surface area contributed by atoms with Gasteiger partial charge in [0.25, 0.3) is 0 Å². The molecule has 3 nitrogen and oxygen atoms in total. The van der Waals surface area contributed by atoms with Gasteiger partial charge in [-0.05, 0) is 25.7 Å². The van der Waals surface area contributed by atoms with Gasteiger partial charge in [-0.3, -0.25) is 0 Å². The van der Waals surface area contributed by atoms with Crippen LogP contribution in [0.5, 0.6) is 0 Å². The van der Waals surface area contributed by atoms with E-state index in [0.717, 1.165) is 32.0 Å². The lowest BCUT2D eigenvalue weighted by atomic mass is 10.2. The summed E-state index contributed by atoms with van der Waals surface area (Å²) in [7, 11) is 0. The van der Waals surface area contributed by atoms with E-state index in [1.165, 1.54) is 0 Å². The van der Waals surface area contributed by atoms with Gasteiger partial charge in [0.2, 0.25) is 0 Å². The number of hydrogen-bond donors (Lipinski definition) is 1. The third-order valence-electron chi connectivity index (χ3n) is 2.01.